The first kappa shape index (κ1) is 17.1. The van der Waals surface area contributed by atoms with E-state index in [-0.39, 0.29) is 22.6 Å². The van der Waals surface area contributed by atoms with E-state index in [4.69, 9.17) is 11.6 Å². The highest BCUT2D eigenvalue weighted by Gasteiger charge is 2.11. The molecule has 0 bridgehead atoms. The van der Waals surface area contributed by atoms with Gasteiger partial charge in [0, 0.05) is 17.9 Å². The zero-order valence-electron chi connectivity index (χ0n) is 13.2. The van der Waals surface area contributed by atoms with Crippen LogP contribution in [0.3, 0.4) is 0 Å². The lowest BCUT2D eigenvalue weighted by Crippen LogP contribution is -2.28. The highest BCUT2D eigenvalue weighted by Crippen LogP contribution is 2.21. The molecule has 1 amide bonds. The molecule has 0 saturated carbocycles. The second-order valence-corrected chi connectivity index (χ2v) is 5.98. The van der Waals surface area contributed by atoms with Crippen molar-refractivity contribution in [3.05, 3.63) is 46.5 Å². The van der Waals surface area contributed by atoms with Gasteiger partial charge in [-0.15, -0.1) is 0 Å². The molecule has 0 unspecified atom stereocenters. The van der Waals surface area contributed by atoms with Crippen molar-refractivity contribution in [2.45, 2.75) is 20.8 Å². The largest absolute Gasteiger partial charge is 0.350 e. The monoisotopic (exact) mass is 336 g/mol. The lowest BCUT2D eigenvalue weighted by Gasteiger charge is -2.10. The summed E-state index contributed by atoms with van der Waals surface area (Å²) in [5, 5.41) is 5.72. The van der Waals surface area contributed by atoms with Crippen LogP contribution in [0.1, 0.15) is 30.0 Å². The third-order valence-corrected chi connectivity index (χ3v) is 3.22. The maximum Gasteiger partial charge on any atom is 0.270 e. The van der Waals surface area contributed by atoms with E-state index >= 15 is 0 Å². The smallest absolute Gasteiger partial charge is 0.270 e. The predicted molar refractivity (Wildman–Crippen MR) is 88.6 cm³/mol. The number of anilines is 2. The minimum absolute atomic E-state index is 0.00227. The highest BCUT2D eigenvalue weighted by molar-refractivity contribution is 6.31. The minimum Gasteiger partial charge on any atom is -0.350 e. The first-order chi connectivity index (χ1) is 10.8. The summed E-state index contributed by atoms with van der Waals surface area (Å²) >= 11 is 5.74. The number of amides is 1. The number of aromatic nitrogens is 2. The van der Waals surface area contributed by atoms with Crippen molar-refractivity contribution in [3.63, 3.8) is 0 Å². The van der Waals surface area contributed by atoms with Gasteiger partial charge in [-0.1, -0.05) is 25.4 Å². The molecule has 1 heterocycles. The van der Waals surface area contributed by atoms with E-state index in [1.165, 1.54) is 18.2 Å². The summed E-state index contributed by atoms with van der Waals surface area (Å²) in [6.07, 6.45) is 0. The summed E-state index contributed by atoms with van der Waals surface area (Å²) in [7, 11) is 0. The molecule has 0 aliphatic rings. The average Bonchev–Trinajstić information content (AvgIpc) is 2.48. The molecule has 2 rings (SSSR count). The molecule has 1 aromatic heterocycles. The number of benzene rings is 1. The lowest BCUT2D eigenvalue weighted by molar-refractivity contribution is 0.0944. The van der Waals surface area contributed by atoms with E-state index in [0.717, 1.165) is 0 Å². The molecule has 0 aliphatic heterocycles. The Morgan fingerprint density at radius 1 is 1.30 bits per heavy atom. The first-order valence-corrected chi connectivity index (χ1v) is 7.59. The molecule has 2 N–H and O–H groups in total. The molecule has 23 heavy (non-hydrogen) atoms. The van der Waals surface area contributed by atoms with E-state index in [9.17, 15) is 9.18 Å². The van der Waals surface area contributed by atoms with Crippen molar-refractivity contribution in [1.29, 1.82) is 0 Å². The Bertz CT molecular complexity index is 721. The zero-order chi connectivity index (χ0) is 17.0. The van der Waals surface area contributed by atoms with E-state index in [1.54, 1.807) is 13.0 Å². The number of hydrogen-bond acceptors (Lipinski definition) is 4. The second kappa shape index (κ2) is 7.37. The Kier molecular flexibility index (Phi) is 5.50. The fraction of sp³-hybridized carbons (Fsp3) is 0.312. The Morgan fingerprint density at radius 3 is 2.70 bits per heavy atom. The number of halogens is 2. The van der Waals surface area contributed by atoms with Gasteiger partial charge in [-0.05, 0) is 37.1 Å². The van der Waals surface area contributed by atoms with Crippen molar-refractivity contribution in [2.75, 3.05) is 11.9 Å². The standard InChI is InChI=1S/C16H18ClFN4O/c1-9(2)8-19-15(23)14-6-10(3)20-16(22-14)21-11-4-5-13(18)12(17)7-11/h4-7,9H,8H2,1-3H3,(H,19,23)(H,20,21,22). The van der Waals surface area contributed by atoms with Crippen LogP contribution in [0, 0.1) is 18.7 Å². The van der Waals surface area contributed by atoms with Gasteiger partial charge in [0.1, 0.15) is 11.5 Å². The molecule has 5 nitrogen and oxygen atoms in total. The SMILES string of the molecule is Cc1cc(C(=O)NCC(C)C)nc(Nc2ccc(F)c(Cl)c2)n1. The highest BCUT2D eigenvalue weighted by atomic mass is 35.5. The number of nitrogens with one attached hydrogen (secondary N) is 2. The molecule has 122 valence electrons. The Hall–Kier alpha value is -2.21. The van der Waals surface area contributed by atoms with Gasteiger partial charge in [0.05, 0.1) is 5.02 Å². The second-order valence-electron chi connectivity index (χ2n) is 5.58. The number of hydrogen-bond donors (Lipinski definition) is 2. The third-order valence-electron chi connectivity index (χ3n) is 2.93. The van der Waals surface area contributed by atoms with Crippen LogP contribution >= 0.6 is 11.6 Å². The van der Waals surface area contributed by atoms with Crippen molar-refractivity contribution < 1.29 is 9.18 Å². The average molecular weight is 337 g/mol. The van der Waals surface area contributed by atoms with Crippen LogP contribution in [0.15, 0.2) is 24.3 Å². The maximum atomic E-state index is 13.2. The maximum absolute atomic E-state index is 13.2. The molecule has 2 aromatic rings. The molecular weight excluding hydrogens is 319 g/mol. The van der Waals surface area contributed by atoms with Gasteiger partial charge in [-0.25, -0.2) is 14.4 Å². The lowest BCUT2D eigenvalue weighted by atomic mass is 10.2. The van der Waals surface area contributed by atoms with Gasteiger partial charge in [-0.2, -0.15) is 0 Å². The third kappa shape index (κ3) is 4.89. The number of aryl methyl sites for hydroxylation is 1. The summed E-state index contributed by atoms with van der Waals surface area (Å²) in [6, 6.07) is 5.81. The summed E-state index contributed by atoms with van der Waals surface area (Å²) in [5.74, 6) is -0.163. The Morgan fingerprint density at radius 2 is 2.04 bits per heavy atom. The Balaban J connectivity index is 2.19. The van der Waals surface area contributed by atoms with Crippen LogP contribution in [0.4, 0.5) is 16.0 Å². The van der Waals surface area contributed by atoms with Gasteiger partial charge in [-0.3, -0.25) is 4.79 Å². The van der Waals surface area contributed by atoms with E-state index in [0.29, 0.717) is 23.8 Å². The van der Waals surface area contributed by atoms with Crippen molar-refractivity contribution in [1.82, 2.24) is 15.3 Å². The first-order valence-electron chi connectivity index (χ1n) is 7.21. The van der Waals surface area contributed by atoms with E-state index in [2.05, 4.69) is 20.6 Å². The van der Waals surface area contributed by atoms with Crippen LogP contribution < -0.4 is 10.6 Å². The van der Waals surface area contributed by atoms with Gasteiger partial charge < -0.3 is 10.6 Å². The number of carbonyl (C=O) groups is 1. The molecule has 0 fully saturated rings. The van der Waals surface area contributed by atoms with E-state index in [1.807, 2.05) is 13.8 Å². The van der Waals surface area contributed by atoms with Crippen LogP contribution in [0.25, 0.3) is 0 Å². The summed E-state index contributed by atoms with van der Waals surface area (Å²) in [4.78, 5) is 20.5. The van der Waals surface area contributed by atoms with Crippen LogP contribution in [0.2, 0.25) is 5.02 Å². The van der Waals surface area contributed by atoms with Crippen molar-refractivity contribution in [2.24, 2.45) is 5.92 Å². The quantitative estimate of drug-likeness (QED) is 0.873. The predicted octanol–water partition coefficient (Wildman–Crippen LogP) is 3.71. The molecule has 0 saturated heterocycles. The van der Waals surface area contributed by atoms with Crippen LogP contribution in [0.5, 0.6) is 0 Å². The van der Waals surface area contributed by atoms with Crippen LogP contribution in [-0.4, -0.2) is 22.4 Å². The molecular formula is C16H18ClFN4O. The number of carbonyl (C=O) groups excluding carboxylic acids is 1. The van der Waals surface area contributed by atoms with Gasteiger partial charge in [0.25, 0.3) is 5.91 Å². The topological polar surface area (TPSA) is 66.9 Å². The molecule has 0 radical (unpaired) electrons. The normalized spacial score (nSPS) is 10.7. The zero-order valence-corrected chi connectivity index (χ0v) is 13.9. The van der Waals surface area contributed by atoms with E-state index < -0.39 is 5.82 Å². The number of nitrogens with zero attached hydrogens (tertiary/aromatic N) is 2. The minimum atomic E-state index is -0.504. The molecule has 0 spiro atoms. The fourth-order valence-corrected chi connectivity index (χ4v) is 2.01. The van der Waals surface area contributed by atoms with Crippen LogP contribution in [-0.2, 0) is 0 Å². The van der Waals surface area contributed by atoms with Gasteiger partial charge >= 0.3 is 0 Å². The molecule has 0 atom stereocenters. The Labute approximate surface area is 139 Å². The van der Waals surface area contributed by atoms with Gasteiger partial charge in [0.15, 0.2) is 0 Å². The summed E-state index contributed by atoms with van der Waals surface area (Å²) < 4.78 is 13.2. The van der Waals surface area contributed by atoms with Crippen molar-refractivity contribution >= 4 is 29.1 Å². The summed E-state index contributed by atoms with van der Waals surface area (Å²) in [5.41, 5.74) is 1.45. The summed E-state index contributed by atoms with van der Waals surface area (Å²) in [6.45, 7) is 6.36. The fourth-order valence-electron chi connectivity index (χ4n) is 1.83. The number of rotatable bonds is 5. The molecule has 1 aromatic carbocycles. The molecule has 0 aliphatic carbocycles. The van der Waals surface area contributed by atoms with Crippen molar-refractivity contribution in [3.8, 4) is 0 Å². The molecule has 7 heteroatoms. The van der Waals surface area contributed by atoms with Gasteiger partial charge in [0.2, 0.25) is 5.95 Å².